The molecule has 1 aromatic rings. The van der Waals surface area contributed by atoms with Gasteiger partial charge >= 0.3 is 1.43 Å². The molecule has 1 aliphatic heterocycles. The number of rotatable bonds is 7. The average Bonchev–Trinajstić information content (AvgIpc) is 3.08. The Labute approximate surface area is 164 Å². The van der Waals surface area contributed by atoms with E-state index in [9.17, 15) is 5.11 Å². The maximum absolute atomic E-state index is 9.83. The van der Waals surface area contributed by atoms with Gasteiger partial charge in [-0.25, -0.2) is 0 Å². The normalized spacial score (nSPS) is 26.3. The third kappa shape index (κ3) is 5.26. The summed E-state index contributed by atoms with van der Waals surface area (Å²) in [5.41, 5.74) is 1.20. The van der Waals surface area contributed by atoms with E-state index in [0.717, 1.165) is 43.9 Å². The lowest BCUT2D eigenvalue weighted by Gasteiger charge is -2.37. The van der Waals surface area contributed by atoms with Crippen molar-refractivity contribution in [3.05, 3.63) is 23.8 Å². The molecule has 26 heavy (non-hydrogen) atoms. The van der Waals surface area contributed by atoms with Crippen LogP contribution in [0.3, 0.4) is 0 Å². The van der Waals surface area contributed by atoms with Crippen molar-refractivity contribution in [1.82, 2.24) is 4.90 Å². The lowest BCUT2D eigenvalue weighted by molar-refractivity contribution is -0.0316. The van der Waals surface area contributed by atoms with Gasteiger partial charge in [0.25, 0.3) is 0 Å². The Morgan fingerprint density at radius 1 is 1.12 bits per heavy atom. The van der Waals surface area contributed by atoms with Gasteiger partial charge in [-0.2, -0.15) is 0 Å². The zero-order valence-electron chi connectivity index (χ0n) is 16.8. The van der Waals surface area contributed by atoms with Crippen molar-refractivity contribution in [2.75, 3.05) is 33.9 Å². The topological polar surface area (TPSA) is 51.2 Å². The summed E-state index contributed by atoms with van der Waals surface area (Å²) < 4.78 is 16.9. The molecule has 5 nitrogen and oxygen atoms in total. The van der Waals surface area contributed by atoms with E-state index in [-0.39, 0.29) is 19.9 Å². The zero-order valence-corrected chi connectivity index (χ0v) is 16.6. The third-order valence-electron chi connectivity index (χ3n) is 5.50. The highest BCUT2D eigenvalue weighted by Crippen LogP contribution is 2.30. The first kappa shape index (κ1) is 21.3. The molecule has 0 bridgehead atoms. The Kier molecular flexibility index (Phi) is 8.48. The van der Waals surface area contributed by atoms with Crippen molar-refractivity contribution in [2.45, 2.75) is 56.8 Å². The molecule has 0 aromatic heterocycles. The number of methoxy groups -OCH3 is 2. The number of aliphatic hydroxyl groups excluding tert-OH is 1. The molecule has 2 fully saturated rings. The Morgan fingerprint density at radius 3 is 2.58 bits per heavy atom. The molecule has 1 aromatic carbocycles. The zero-order chi connectivity index (χ0) is 17.6. The maximum atomic E-state index is 9.83. The SMILES string of the molecule is COc1ccc(CCO[C@@H]2CCCC[C@H]2N2CC[C@@H](O)C2)cc1OC.[Cl-].[H+]. The molecule has 1 heterocycles. The number of nitrogens with zero attached hydrogens (tertiary/aromatic N) is 1. The predicted molar refractivity (Wildman–Crippen MR) is 98.6 cm³/mol. The number of likely N-dealkylation sites (tertiary alicyclic amines) is 1. The molecule has 148 valence electrons. The first-order valence-corrected chi connectivity index (χ1v) is 9.46. The molecule has 0 unspecified atom stereocenters. The van der Waals surface area contributed by atoms with E-state index >= 15 is 0 Å². The monoisotopic (exact) mass is 385 g/mol. The number of halogens is 1. The molecule has 3 rings (SSSR count). The number of benzene rings is 1. The van der Waals surface area contributed by atoms with E-state index < -0.39 is 0 Å². The standard InChI is InChI=1S/C20H31NO4.ClH/c1-23-19-8-7-15(13-20(19)24-2)10-12-25-18-6-4-3-5-17(18)21-11-9-16(22)14-21;/h7-8,13,16-18,22H,3-6,9-12,14H2,1-2H3;1H/t16-,17-,18-;/m1./s1. The highest BCUT2D eigenvalue weighted by atomic mass is 35.5. The second kappa shape index (κ2) is 10.4. The van der Waals surface area contributed by atoms with E-state index in [1.54, 1.807) is 14.2 Å². The molecule has 6 heteroatoms. The second-order valence-corrected chi connectivity index (χ2v) is 7.14. The fraction of sp³-hybridized carbons (Fsp3) is 0.700. The van der Waals surface area contributed by atoms with E-state index in [0.29, 0.717) is 18.8 Å². The largest absolute Gasteiger partial charge is 1.00 e. The lowest BCUT2D eigenvalue weighted by Crippen LogP contribution is -3.00. The first-order chi connectivity index (χ1) is 12.2. The number of hydrogen-bond acceptors (Lipinski definition) is 5. The summed E-state index contributed by atoms with van der Waals surface area (Å²) >= 11 is 0. The molecular weight excluding hydrogens is 354 g/mol. The van der Waals surface area contributed by atoms with Gasteiger partial charge in [0.1, 0.15) is 0 Å². The Morgan fingerprint density at radius 2 is 1.88 bits per heavy atom. The van der Waals surface area contributed by atoms with Crippen LogP contribution in [0.5, 0.6) is 11.5 Å². The van der Waals surface area contributed by atoms with Gasteiger partial charge in [0, 0.05) is 19.1 Å². The summed E-state index contributed by atoms with van der Waals surface area (Å²) in [6.07, 6.45) is 6.73. The first-order valence-electron chi connectivity index (χ1n) is 9.46. The van der Waals surface area contributed by atoms with Gasteiger partial charge in [-0.15, -0.1) is 0 Å². The summed E-state index contributed by atoms with van der Waals surface area (Å²) in [6, 6.07) is 6.51. The molecule has 0 spiro atoms. The van der Waals surface area contributed by atoms with Crippen LogP contribution in [0.4, 0.5) is 0 Å². The summed E-state index contributed by atoms with van der Waals surface area (Å²) in [4.78, 5) is 2.44. The maximum Gasteiger partial charge on any atom is 1.00 e. The van der Waals surface area contributed by atoms with E-state index in [4.69, 9.17) is 14.2 Å². The van der Waals surface area contributed by atoms with Gasteiger partial charge in [0.2, 0.25) is 0 Å². The smallest absolute Gasteiger partial charge is 1.00 e. The van der Waals surface area contributed by atoms with Crippen LogP contribution in [0.15, 0.2) is 18.2 Å². The minimum Gasteiger partial charge on any atom is -1.00 e. The van der Waals surface area contributed by atoms with Gasteiger partial charge in [-0.3, -0.25) is 4.90 Å². The van der Waals surface area contributed by atoms with Crippen molar-refractivity contribution in [3.8, 4) is 11.5 Å². The number of β-amino-alcohol motifs (C(OH)–C–C–N with tert-alkyl or cyclic N) is 1. The van der Waals surface area contributed by atoms with Gasteiger partial charge < -0.3 is 31.7 Å². The minimum absolute atomic E-state index is 0. The lowest BCUT2D eigenvalue weighted by atomic mass is 9.91. The van der Waals surface area contributed by atoms with Gasteiger partial charge in [-0.1, -0.05) is 18.9 Å². The van der Waals surface area contributed by atoms with E-state index in [1.165, 1.54) is 24.8 Å². The third-order valence-corrected chi connectivity index (χ3v) is 5.50. The quantitative estimate of drug-likeness (QED) is 0.702. The van der Waals surface area contributed by atoms with Crippen molar-refractivity contribution in [1.29, 1.82) is 0 Å². The van der Waals surface area contributed by atoms with E-state index in [1.807, 2.05) is 12.1 Å². The summed E-state index contributed by atoms with van der Waals surface area (Å²) in [6.45, 7) is 2.52. The van der Waals surface area contributed by atoms with Crippen LogP contribution in [0.25, 0.3) is 0 Å². The van der Waals surface area contributed by atoms with Crippen molar-refractivity contribution < 1.29 is 33.2 Å². The van der Waals surface area contributed by atoms with E-state index in [2.05, 4.69) is 11.0 Å². The second-order valence-electron chi connectivity index (χ2n) is 7.14. The number of hydrogen-bond donors (Lipinski definition) is 1. The van der Waals surface area contributed by atoms with Crippen LogP contribution in [0.1, 0.15) is 39.1 Å². The number of ether oxygens (including phenoxy) is 3. The average molecular weight is 386 g/mol. The highest BCUT2D eigenvalue weighted by molar-refractivity contribution is 5.42. The fourth-order valence-corrected chi connectivity index (χ4v) is 4.12. The number of aliphatic hydroxyl groups is 1. The Hall–Kier alpha value is -1.01. The summed E-state index contributed by atoms with van der Waals surface area (Å²) in [5.74, 6) is 1.52. The van der Waals surface area contributed by atoms with Gasteiger partial charge in [0.15, 0.2) is 11.5 Å². The van der Waals surface area contributed by atoms with Crippen molar-refractivity contribution in [2.24, 2.45) is 0 Å². The van der Waals surface area contributed by atoms with Crippen LogP contribution in [0, 0.1) is 0 Å². The minimum atomic E-state index is -0.158. The summed E-state index contributed by atoms with van der Waals surface area (Å²) in [7, 11) is 3.31. The molecule has 3 atom stereocenters. The summed E-state index contributed by atoms with van der Waals surface area (Å²) in [5, 5.41) is 9.83. The Balaban J connectivity index is 0.00000182. The Bertz CT molecular complexity index is 563. The van der Waals surface area contributed by atoms with Crippen LogP contribution < -0.4 is 21.9 Å². The van der Waals surface area contributed by atoms with Crippen LogP contribution in [-0.2, 0) is 11.2 Å². The van der Waals surface area contributed by atoms with Crippen molar-refractivity contribution in [3.63, 3.8) is 0 Å². The molecular formula is C20H32ClNO4. The molecule has 0 amide bonds. The molecule has 1 saturated carbocycles. The molecule has 0 radical (unpaired) electrons. The van der Waals surface area contributed by atoms with Gasteiger partial charge in [0.05, 0.1) is 33.0 Å². The van der Waals surface area contributed by atoms with Gasteiger partial charge in [-0.05, 0) is 43.4 Å². The molecule has 1 saturated heterocycles. The highest BCUT2D eigenvalue weighted by Gasteiger charge is 2.34. The predicted octanol–water partition coefficient (Wildman–Crippen LogP) is -0.243. The molecule has 1 aliphatic carbocycles. The van der Waals surface area contributed by atoms with Crippen LogP contribution in [-0.4, -0.2) is 62.2 Å². The van der Waals surface area contributed by atoms with Crippen LogP contribution in [0.2, 0.25) is 0 Å². The molecule has 2 aliphatic rings. The van der Waals surface area contributed by atoms with Crippen LogP contribution >= 0.6 is 0 Å². The van der Waals surface area contributed by atoms with Crippen molar-refractivity contribution >= 4 is 0 Å². The molecule has 1 N–H and O–H groups in total. The fourth-order valence-electron chi connectivity index (χ4n) is 4.12.